The largest absolute Gasteiger partial charge is 0.510 e. The molecule has 1 heterocycles. The average Bonchev–Trinajstić information content (AvgIpc) is 2.92. The summed E-state index contributed by atoms with van der Waals surface area (Å²) in [4.78, 5) is 29.3. The maximum atomic E-state index is 11.8. The van der Waals surface area contributed by atoms with Gasteiger partial charge < -0.3 is 28.8 Å². The van der Waals surface area contributed by atoms with Crippen LogP contribution in [0.3, 0.4) is 0 Å². The number of anilines is 2. The van der Waals surface area contributed by atoms with Gasteiger partial charge in [-0.05, 0) is 63.4 Å². The van der Waals surface area contributed by atoms with Crippen LogP contribution in [-0.4, -0.2) is 76.6 Å². The molecule has 3 rings (SSSR count). The molecule has 2 aromatic carbocycles. The van der Waals surface area contributed by atoms with E-state index in [2.05, 4.69) is 9.80 Å². The summed E-state index contributed by atoms with van der Waals surface area (Å²) in [6.45, 7) is 8.98. The summed E-state index contributed by atoms with van der Waals surface area (Å²) in [7, 11) is 1.83. The Bertz CT molecular complexity index is 1080. The molecule has 1 aliphatic heterocycles. The molecule has 1 saturated heterocycles. The predicted molar refractivity (Wildman–Crippen MR) is 157 cm³/mol. The highest BCUT2D eigenvalue weighted by Crippen LogP contribution is 2.33. The van der Waals surface area contributed by atoms with Crippen LogP contribution in [0.1, 0.15) is 38.7 Å². The van der Waals surface area contributed by atoms with Gasteiger partial charge in [-0.3, -0.25) is 4.90 Å². The van der Waals surface area contributed by atoms with Crippen molar-refractivity contribution in [2.24, 2.45) is 0 Å². The Labute approximate surface area is 241 Å². The highest BCUT2D eigenvalue weighted by molar-refractivity contribution is 6.43. The number of benzene rings is 2. The third kappa shape index (κ3) is 9.78. The quantitative estimate of drug-likeness (QED) is 0.116. The van der Waals surface area contributed by atoms with Crippen LogP contribution in [-0.2, 0) is 20.7 Å². The number of aldehydes is 1. The Kier molecular flexibility index (Phi) is 12.5. The number of hydrogen-bond donors (Lipinski definition) is 0. The third-order valence-corrected chi connectivity index (χ3v) is 7.30. The molecule has 8 nitrogen and oxygen atoms in total. The number of carbonyl (C=O) groups excluding carboxylic acids is 2. The molecule has 39 heavy (non-hydrogen) atoms. The van der Waals surface area contributed by atoms with Gasteiger partial charge in [-0.1, -0.05) is 35.3 Å². The Morgan fingerprint density at radius 3 is 2.59 bits per heavy atom. The van der Waals surface area contributed by atoms with Gasteiger partial charge in [0.15, 0.2) is 6.73 Å². The molecule has 1 aliphatic rings. The van der Waals surface area contributed by atoms with E-state index in [0.717, 1.165) is 74.5 Å². The Hall–Kier alpha value is -2.68. The molecule has 0 saturated carbocycles. The summed E-state index contributed by atoms with van der Waals surface area (Å²) in [5.74, 6) is 0.739. The first kappa shape index (κ1) is 30.9. The number of nitrogens with zero attached hydrogens (tertiary/aromatic N) is 3. The zero-order valence-electron chi connectivity index (χ0n) is 23.0. The van der Waals surface area contributed by atoms with E-state index in [0.29, 0.717) is 29.5 Å². The van der Waals surface area contributed by atoms with E-state index in [1.807, 2.05) is 48.3 Å². The smallest absolute Gasteiger partial charge is 0.494 e. The molecule has 214 valence electrons. The lowest BCUT2D eigenvalue weighted by Gasteiger charge is -2.36. The average molecular weight is 581 g/mol. The topological polar surface area (TPSA) is 71.6 Å². The lowest BCUT2D eigenvalue weighted by atomic mass is 10.1. The van der Waals surface area contributed by atoms with Crippen molar-refractivity contribution in [1.29, 1.82) is 0 Å². The molecule has 10 heteroatoms. The maximum absolute atomic E-state index is 11.8. The Morgan fingerprint density at radius 2 is 1.87 bits per heavy atom. The van der Waals surface area contributed by atoms with E-state index in [9.17, 15) is 9.59 Å². The van der Waals surface area contributed by atoms with E-state index in [1.165, 1.54) is 0 Å². The first-order chi connectivity index (χ1) is 18.8. The molecule has 0 spiro atoms. The monoisotopic (exact) mass is 579 g/mol. The van der Waals surface area contributed by atoms with Crippen molar-refractivity contribution < 1.29 is 23.8 Å². The second-order valence-electron chi connectivity index (χ2n) is 9.84. The number of rotatable bonds is 14. The third-order valence-electron chi connectivity index (χ3n) is 6.49. The predicted octanol–water partition coefficient (Wildman–Crippen LogP) is 6.06. The molecular weight excluding hydrogens is 541 g/mol. The van der Waals surface area contributed by atoms with E-state index in [-0.39, 0.29) is 12.8 Å². The second-order valence-corrected chi connectivity index (χ2v) is 10.6. The Morgan fingerprint density at radius 1 is 1.10 bits per heavy atom. The summed E-state index contributed by atoms with van der Waals surface area (Å²) in [5.41, 5.74) is 2.84. The van der Waals surface area contributed by atoms with Crippen LogP contribution in [0.15, 0.2) is 36.4 Å². The number of piperazine rings is 1. The number of unbranched alkanes of at least 4 members (excludes halogenated alkanes) is 1. The molecule has 0 N–H and O–H groups in total. The lowest BCUT2D eigenvalue weighted by Crippen LogP contribution is -2.46. The lowest BCUT2D eigenvalue weighted by molar-refractivity contribution is -0.107. The van der Waals surface area contributed by atoms with Crippen molar-refractivity contribution in [2.75, 3.05) is 62.9 Å². The summed E-state index contributed by atoms with van der Waals surface area (Å²) in [5, 5.41) is 1.21. The van der Waals surface area contributed by atoms with Crippen LogP contribution in [0, 0.1) is 0 Å². The van der Waals surface area contributed by atoms with E-state index >= 15 is 0 Å². The fourth-order valence-corrected chi connectivity index (χ4v) is 4.85. The van der Waals surface area contributed by atoms with Crippen LogP contribution in [0.25, 0.3) is 0 Å². The van der Waals surface area contributed by atoms with Gasteiger partial charge in [-0.15, -0.1) is 0 Å². The minimum atomic E-state index is -0.714. The molecule has 2 aromatic rings. The van der Waals surface area contributed by atoms with Crippen molar-refractivity contribution in [3.8, 4) is 5.75 Å². The van der Waals surface area contributed by atoms with Crippen LogP contribution in [0.5, 0.6) is 5.75 Å². The van der Waals surface area contributed by atoms with Gasteiger partial charge in [0.1, 0.15) is 12.0 Å². The van der Waals surface area contributed by atoms with Crippen LogP contribution in [0.4, 0.5) is 16.2 Å². The molecule has 0 bridgehead atoms. The minimum Gasteiger partial charge on any atom is -0.494 e. The van der Waals surface area contributed by atoms with E-state index in [1.54, 1.807) is 13.8 Å². The standard InChI is InChI=1S/C29H39Cl2N3O5/c1-22(2)39-29(36)38-21-32(3)27-20-24(12-11-23(27)8-7-18-35)37-19-5-4-13-33-14-16-34(17-15-33)26-10-6-9-25(30)28(26)31/h6,9-12,18,20,22H,4-5,7-8,13-17,19,21H2,1-3H3. The zero-order chi connectivity index (χ0) is 28.2. The van der Waals surface area contributed by atoms with Gasteiger partial charge >= 0.3 is 6.16 Å². The normalized spacial score (nSPS) is 13.8. The molecule has 0 radical (unpaired) electrons. The molecule has 0 atom stereocenters. The fourth-order valence-electron chi connectivity index (χ4n) is 4.44. The van der Waals surface area contributed by atoms with Crippen molar-refractivity contribution >= 4 is 47.0 Å². The van der Waals surface area contributed by atoms with Gasteiger partial charge in [0.25, 0.3) is 0 Å². The van der Waals surface area contributed by atoms with Gasteiger partial charge in [-0.2, -0.15) is 0 Å². The number of hydrogen-bond acceptors (Lipinski definition) is 8. The van der Waals surface area contributed by atoms with Gasteiger partial charge in [0.05, 0.1) is 28.4 Å². The molecule has 0 aromatic heterocycles. The summed E-state index contributed by atoms with van der Waals surface area (Å²) in [6.07, 6.45) is 2.91. The molecular formula is C29H39Cl2N3O5. The number of ether oxygens (including phenoxy) is 3. The highest BCUT2D eigenvalue weighted by atomic mass is 35.5. The van der Waals surface area contributed by atoms with Crippen molar-refractivity contribution in [1.82, 2.24) is 4.90 Å². The molecule has 1 fully saturated rings. The zero-order valence-corrected chi connectivity index (χ0v) is 24.5. The van der Waals surface area contributed by atoms with Crippen molar-refractivity contribution in [3.63, 3.8) is 0 Å². The molecule has 0 aliphatic carbocycles. The fraction of sp³-hybridized carbons (Fsp3) is 0.517. The summed E-state index contributed by atoms with van der Waals surface area (Å²) in [6, 6.07) is 11.6. The van der Waals surface area contributed by atoms with Gasteiger partial charge in [-0.25, -0.2) is 4.79 Å². The van der Waals surface area contributed by atoms with E-state index < -0.39 is 6.16 Å². The first-order valence-corrected chi connectivity index (χ1v) is 14.2. The van der Waals surface area contributed by atoms with Gasteiger partial charge in [0.2, 0.25) is 0 Å². The number of halogens is 2. The van der Waals surface area contributed by atoms with Crippen LogP contribution in [0.2, 0.25) is 10.0 Å². The van der Waals surface area contributed by atoms with Crippen molar-refractivity contribution in [2.45, 2.75) is 45.6 Å². The molecule has 0 unspecified atom stereocenters. The first-order valence-electron chi connectivity index (χ1n) is 13.4. The minimum absolute atomic E-state index is 0.0277. The van der Waals surface area contributed by atoms with Crippen molar-refractivity contribution in [3.05, 3.63) is 52.0 Å². The molecule has 0 amide bonds. The summed E-state index contributed by atoms with van der Waals surface area (Å²) < 4.78 is 16.3. The number of aryl methyl sites for hydroxylation is 1. The Balaban J connectivity index is 1.43. The van der Waals surface area contributed by atoms with E-state index in [4.69, 9.17) is 37.4 Å². The van der Waals surface area contributed by atoms with Crippen LogP contribution >= 0.6 is 23.2 Å². The summed E-state index contributed by atoms with van der Waals surface area (Å²) >= 11 is 12.6. The number of carbonyl (C=O) groups is 2. The second kappa shape index (κ2) is 15.8. The van der Waals surface area contributed by atoms with Gasteiger partial charge in [0, 0.05) is 51.4 Å². The SMILES string of the molecule is CC(C)OC(=O)OCN(C)c1cc(OCCCCN2CCN(c3cccc(Cl)c3Cl)CC2)ccc1CCC=O. The maximum Gasteiger partial charge on any atom is 0.510 e. The van der Waals surface area contributed by atoms with Crippen LogP contribution < -0.4 is 14.5 Å². The highest BCUT2D eigenvalue weighted by Gasteiger charge is 2.19.